The summed E-state index contributed by atoms with van der Waals surface area (Å²) in [4.78, 5) is 12.0. The minimum Gasteiger partial charge on any atom is -0.508 e. The van der Waals surface area contributed by atoms with E-state index >= 15 is 0 Å². The van der Waals surface area contributed by atoms with Crippen LogP contribution in [0, 0.1) is 5.82 Å². The lowest BCUT2D eigenvalue weighted by Gasteiger charge is -2.06. The number of rotatable bonds is 5. The summed E-state index contributed by atoms with van der Waals surface area (Å²) in [5, 5.41) is 14.4. The highest BCUT2D eigenvalue weighted by Gasteiger charge is 2.05. The lowest BCUT2D eigenvalue weighted by molar-refractivity contribution is 0.0954. The van der Waals surface area contributed by atoms with Gasteiger partial charge in [0, 0.05) is 29.2 Å². The van der Waals surface area contributed by atoms with E-state index in [0.717, 1.165) is 22.0 Å². The first-order valence-electron chi connectivity index (χ1n) is 9.04. The summed E-state index contributed by atoms with van der Waals surface area (Å²) < 4.78 is 15.5. The maximum atomic E-state index is 13.4. The molecule has 0 spiro atoms. The molecule has 144 valence electrons. The SMILES string of the molecule is O=C(N/N=C\c1ccc2c(ccn2Cc2cccc(F)c2)c1)c1cccc(O)c1. The molecule has 5 nitrogen and oxygen atoms in total. The number of fused-ring (bicyclic) bond motifs is 1. The molecule has 0 unspecified atom stereocenters. The molecule has 1 amide bonds. The standard InChI is InChI=1S/C23H18FN3O2/c24-20-5-1-3-17(12-20)15-27-10-9-18-11-16(7-8-22(18)27)14-25-26-23(29)19-4-2-6-21(28)13-19/h1-14,28H,15H2,(H,26,29)/b25-14-. The quantitative estimate of drug-likeness (QED) is 0.396. The summed E-state index contributed by atoms with van der Waals surface area (Å²) in [6.45, 7) is 0.578. The van der Waals surface area contributed by atoms with Gasteiger partial charge in [-0.1, -0.05) is 24.3 Å². The summed E-state index contributed by atoms with van der Waals surface area (Å²) in [7, 11) is 0. The number of carbonyl (C=O) groups is 1. The number of phenols is 1. The number of hydrogen-bond acceptors (Lipinski definition) is 3. The lowest BCUT2D eigenvalue weighted by atomic mass is 10.1. The predicted molar refractivity (Wildman–Crippen MR) is 111 cm³/mol. The third kappa shape index (κ3) is 4.32. The molecular formula is C23H18FN3O2. The van der Waals surface area contributed by atoms with Crippen LogP contribution < -0.4 is 5.43 Å². The van der Waals surface area contributed by atoms with E-state index in [9.17, 15) is 14.3 Å². The Morgan fingerprint density at radius 1 is 1.07 bits per heavy atom. The lowest BCUT2D eigenvalue weighted by Crippen LogP contribution is -2.17. The van der Waals surface area contributed by atoms with Crippen molar-refractivity contribution in [2.45, 2.75) is 6.54 Å². The van der Waals surface area contributed by atoms with Gasteiger partial charge in [0.2, 0.25) is 0 Å². The van der Waals surface area contributed by atoms with Crippen molar-refractivity contribution < 1.29 is 14.3 Å². The van der Waals surface area contributed by atoms with Crippen LogP contribution in [0.5, 0.6) is 5.75 Å². The number of nitrogens with one attached hydrogen (secondary N) is 1. The van der Waals surface area contributed by atoms with Crippen LogP contribution in [0.1, 0.15) is 21.5 Å². The molecule has 6 heteroatoms. The van der Waals surface area contributed by atoms with Crippen LogP contribution in [0.2, 0.25) is 0 Å². The Morgan fingerprint density at radius 2 is 1.93 bits per heavy atom. The molecule has 0 radical (unpaired) electrons. The topological polar surface area (TPSA) is 66.6 Å². The van der Waals surface area contributed by atoms with Crippen LogP contribution in [0.4, 0.5) is 4.39 Å². The number of aromatic hydroxyl groups is 1. The van der Waals surface area contributed by atoms with Crippen molar-refractivity contribution in [1.29, 1.82) is 0 Å². The van der Waals surface area contributed by atoms with E-state index in [2.05, 4.69) is 15.1 Å². The minimum absolute atomic E-state index is 0.0230. The van der Waals surface area contributed by atoms with Crippen molar-refractivity contribution in [2.75, 3.05) is 0 Å². The second kappa shape index (κ2) is 7.98. The van der Waals surface area contributed by atoms with E-state index in [1.165, 1.54) is 24.3 Å². The van der Waals surface area contributed by atoms with Crippen LogP contribution in [0.3, 0.4) is 0 Å². The Morgan fingerprint density at radius 3 is 2.76 bits per heavy atom. The average Bonchev–Trinajstić information content (AvgIpc) is 3.10. The minimum atomic E-state index is -0.403. The van der Waals surface area contributed by atoms with Gasteiger partial charge in [-0.3, -0.25) is 4.79 Å². The van der Waals surface area contributed by atoms with Crippen molar-refractivity contribution in [3.63, 3.8) is 0 Å². The fraction of sp³-hybridized carbons (Fsp3) is 0.0435. The van der Waals surface area contributed by atoms with Crippen LogP contribution in [-0.4, -0.2) is 21.8 Å². The number of phenolic OH excluding ortho intramolecular Hbond substituents is 1. The van der Waals surface area contributed by atoms with Gasteiger partial charge in [-0.25, -0.2) is 9.82 Å². The number of benzene rings is 3. The van der Waals surface area contributed by atoms with Crippen LogP contribution in [0.25, 0.3) is 10.9 Å². The predicted octanol–water partition coefficient (Wildman–Crippen LogP) is 4.30. The first-order valence-corrected chi connectivity index (χ1v) is 9.04. The van der Waals surface area contributed by atoms with Gasteiger partial charge in [-0.15, -0.1) is 0 Å². The van der Waals surface area contributed by atoms with Gasteiger partial charge in [-0.05, 0) is 59.7 Å². The molecule has 1 heterocycles. The molecule has 0 aliphatic heterocycles. The number of hydrogen-bond donors (Lipinski definition) is 2. The molecule has 0 atom stereocenters. The van der Waals surface area contributed by atoms with E-state index < -0.39 is 5.91 Å². The zero-order valence-electron chi connectivity index (χ0n) is 15.4. The normalized spacial score (nSPS) is 11.2. The zero-order chi connectivity index (χ0) is 20.2. The first kappa shape index (κ1) is 18.4. The molecule has 3 aromatic carbocycles. The highest BCUT2D eigenvalue weighted by molar-refractivity contribution is 5.95. The van der Waals surface area contributed by atoms with E-state index in [0.29, 0.717) is 12.1 Å². The van der Waals surface area contributed by atoms with Crippen LogP contribution >= 0.6 is 0 Å². The molecule has 4 rings (SSSR count). The van der Waals surface area contributed by atoms with Crippen LogP contribution in [-0.2, 0) is 6.54 Å². The summed E-state index contributed by atoms with van der Waals surface area (Å²) in [6.07, 6.45) is 3.52. The third-order valence-electron chi connectivity index (χ3n) is 4.53. The van der Waals surface area contributed by atoms with E-state index in [4.69, 9.17) is 0 Å². The summed E-state index contributed by atoms with van der Waals surface area (Å²) in [5.41, 5.74) is 5.52. The number of halogens is 1. The molecule has 0 aliphatic rings. The fourth-order valence-electron chi connectivity index (χ4n) is 3.15. The fourth-order valence-corrected chi connectivity index (χ4v) is 3.15. The number of nitrogens with zero attached hydrogens (tertiary/aromatic N) is 2. The van der Waals surface area contributed by atoms with Gasteiger partial charge >= 0.3 is 0 Å². The number of amides is 1. The van der Waals surface area contributed by atoms with Crippen molar-refractivity contribution in [2.24, 2.45) is 5.10 Å². The molecule has 2 N–H and O–H groups in total. The Kier molecular flexibility index (Phi) is 5.07. The second-order valence-electron chi connectivity index (χ2n) is 6.64. The summed E-state index contributed by atoms with van der Waals surface area (Å²) >= 11 is 0. The van der Waals surface area contributed by atoms with E-state index in [1.807, 2.05) is 36.5 Å². The number of aromatic nitrogens is 1. The molecule has 0 aliphatic carbocycles. The Labute approximate surface area is 166 Å². The summed E-state index contributed by atoms with van der Waals surface area (Å²) in [5.74, 6) is -0.625. The monoisotopic (exact) mass is 387 g/mol. The first-order chi connectivity index (χ1) is 14.1. The third-order valence-corrected chi connectivity index (χ3v) is 4.53. The molecule has 1 aromatic heterocycles. The second-order valence-corrected chi connectivity index (χ2v) is 6.64. The van der Waals surface area contributed by atoms with Gasteiger partial charge in [0.1, 0.15) is 11.6 Å². The highest BCUT2D eigenvalue weighted by atomic mass is 19.1. The van der Waals surface area contributed by atoms with Crippen LogP contribution in [0.15, 0.2) is 84.1 Å². The number of carbonyl (C=O) groups excluding carboxylic acids is 1. The smallest absolute Gasteiger partial charge is 0.271 e. The maximum Gasteiger partial charge on any atom is 0.271 e. The van der Waals surface area contributed by atoms with Gasteiger partial charge in [0.25, 0.3) is 5.91 Å². The van der Waals surface area contributed by atoms with Gasteiger partial charge in [0.15, 0.2) is 0 Å². The van der Waals surface area contributed by atoms with Crippen molar-refractivity contribution in [1.82, 2.24) is 9.99 Å². The van der Waals surface area contributed by atoms with Gasteiger partial charge in [0.05, 0.1) is 6.21 Å². The maximum absolute atomic E-state index is 13.4. The molecule has 0 fully saturated rings. The zero-order valence-corrected chi connectivity index (χ0v) is 15.4. The van der Waals surface area contributed by atoms with Gasteiger partial charge < -0.3 is 9.67 Å². The Bertz CT molecular complexity index is 1210. The molecular weight excluding hydrogens is 369 g/mol. The molecule has 0 saturated heterocycles. The molecule has 0 saturated carbocycles. The largest absolute Gasteiger partial charge is 0.508 e. The van der Waals surface area contributed by atoms with Crippen molar-refractivity contribution in [3.05, 3.63) is 102 Å². The van der Waals surface area contributed by atoms with E-state index in [1.54, 1.807) is 24.4 Å². The average molecular weight is 387 g/mol. The van der Waals surface area contributed by atoms with Crippen molar-refractivity contribution in [3.8, 4) is 5.75 Å². The molecule has 29 heavy (non-hydrogen) atoms. The van der Waals surface area contributed by atoms with E-state index in [-0.39, 0.29) is 11.6 Å². The number of hydrazone groups is 1. The van der Waals surface area contributed by atoms with Crippen molar-refractivity contribution >= 4 is 23.0 Å². The molecule has 4 aromatic rings. The summed E-state index contributed by atoms with van der Waals surface area (Å²) in [6, 6.07) is 20.4. The highest BCUT2D eigenvalue weighted by Crippen LogP contribution is 2.19. The molecule has 0 bridgehead atoms. The Hall–Kier alpha value is -3.93. The van der Waals surface area contributed by atoms with Gasteiger partial charge in [-0.2, -0.15) is 5.10 Å². The Balaban J connectivity index is 1.47.